The van der Waals surface area contributed by atoms with Crippen molar-refractivity contribution in [2.24, 2.45) is 0 Å². The second-order valence-corrected chi connectivity index (χ2v) is 21.0. The highest BCUT2D eigenvalue weighted by Crippen LogP contribution is 2.39. The van der Waals surface area contributed by atoms with E-state index >= 15 is 0 Å². The van der Waals surface area contributed by atoms with Gasteiger partial charge in [-0.2, -0.15) is 9.97 Å². The van der Waals surface area contributed by atoms with Crippen LogP contribution in [-0.4, -0.2) is 38.2 Å². The van der Waals surface area contributed by atoms with Crippen molar-refractivity contribution >= 4 is 87.2 Å². The quantitative estimate of drug-likeness (QED) is 0.152. The van der Waals surface area contributed by atoms with E-state index in [-0.39, 0.29) is 0 Å². The van der Waals surface area contributed by atoms with Gasteiger partial charge in [-0.05, 0) is 76.9 Å². The molecule has 0 saturated heterocycles. The maximum absolute atomic E-state index is 5.45. The van der Waals surface area contributed by atoms with Gasteiger partial charge in [-0.15, -0.1) is 0 Å². The molecule has 17 aromatic rings. The van der Waals surface area contributed by atoms with Gasteiger partial charge in [0.1, 0.15) is 11.6 Å². The summed E-state index contributed by atoms with van der Waals surface area (Å²) in [5, 5.41) is 9.37. The highest BCUT2D eigenvalue weighted by molar-refractivity contribution is 6.12. The molecule has 0 fully saturated rings. The number of hydrogen-bond donors (Lipinski definition) is 0. The third-order valence-electron chi connectivity index (χ3n) is 16.5. The lowest BCUT2D eigenvalue weighted by atomic mass is 9.97. The molecule has 0 radical (unpaired) electrons. The number of rotatable bonds is 8. The maximum atomic E-state index is 5.45. The zero-order chi connectivity index (χ0) is 53.8. The minimum absolute atomic E-state index is 0.612. The van der Waals surface area contributed by atoms with Crippen LogP contribution in [0.4, 0.5) is 0 Å². The monoisotopic (exact) mass is 1050 g/mol. The van der Waals surface area contributed by atoms with Gasteiger partial charge in [0, 0.05) is 66.3 Å². The number of fused-ring (bicyclic) bond motifs is 12. The van der Waals surface area contributed by atoms with E-state index in [9.17, 15) is 0 Å². The molecule has 0 bridgehead atoms. The summed E-state index contributed by atoms with van der Waals surface area (Å²) in [6.45, 7) is 0. The summed E-state index contributed by atoms with van der Waals surface area (Å²) < 4.78 is 8.98. The molecular formula is C74H46N8. The molecule has 0 amide bonds. The molecule has 0 saturated carbocycles. The van der Waals surface area contributed by atoms with Crippen molar-refractivity contribution in [3.63, 3.8) is 0 Å². The maximum Gasteiger partial charge on any atom is 0.237 e. The van der Waals surface area contributed by atoms with E-state index in [0.717, 1.165) is 122 Å². The lowest BCUT2D eigenvalue weighted by Crippen LogP contribution is -2.07. The molecule has 0 unspecified atom stereocenters. The first-order valence-corrected chi connectivity index (χ1v) is 27.7. The first kappa shape index (κ1) is 45.8. The highest BCUT2D eigenvalue weighted by Gasteiger charge is 2.22. The fourth-order valence-electron chi connectivity index (χ4n) is 12.7. The largest absolute Gasteiger partial charge is 0.294 e. The minimum atomic E-state index is 0.612. The predicted molar refractivity (Wildman–Crippen MR) is 337 cm³/mol. The summed E-state index contributed by atoms with van der Waals surface area (Å²) in [5.74, 6) is 2.82. The molecule has 6 aromatic heterocycles. The zero-order valence-electron chi connectivity index (χ0n) is 44.1. The van der Waals surface area contributed by atoms with Crippen LogP contribution in [0.25, 0.3) is 156 Å². The first-order valence-electron chi connectivity index (χ1n) is 27.7. The van der Waals surface area contributed by atoms with Gasteiger partial charge in [0.15, 0.2) is 0 Å². The Morgan fingerprint density at radius 2 is 0.427 bits per heavy atom. The molecule has 0 spiro atoms. The Morgan fingerprint density at radius 3 is 0.707 bits per heavy atom. The molecule has 82 heavy (non-hydrogen) atoms. The summed E-state index contributed by atoms with van der Waals surface area (Å²) in [6.07, 6.45) is 0. The van der Waals surface area contributed by atoms with E-state index in [4.69, 9.17) is 19.9 Å². The Balaban J connectivity index is 0.751. The zero-order valence-corrected chi connectivity index (χ0v) is 44.1. The van der Waals surface area contributed by atoms with Crippen LogP contribution in [0.15, 0.2) is 279 Å². The fourth-order valence-corrected chi connectivity index (χ4v) is 12.7. The number of para-hydroxylation sites is 8. The van der Waals surface area contributed by atoms with Gasteiger partial charge in [-0.3, -0.25) is 18.3 Å². The molecule has 17 rings (SSSR count). The lowest BCUT2D eigenvalue weighted by molar-refractivity contribution is 0.951. The minimum Gasteiger partial charge on any atom is -0.294 e. The van der Waals surface area contributed by atoms with E-state index in [2.05, 4.69) is 297 Å². The molecule has 382 valence electrons. The number of benzene rings is 11. The summed E-state index contributed by atoms with van der Waals surface area (Å²) in [7, 11) is 0. The molecule has 6 heterocycles. The van der Waals surface area contributed by atoms with Crippen molar-refractivity contribution in [3.8, 4) is 68.3 Å². The second-order valence-electron chi connectivity index (χ2n) is 21.0. The van der Waals surface area contributed by atoms with Crippen molar-refractivity contribution < 1.29 is 0 Å². The Kier molecular flexibility index (Phi) is 10.1. The van der Waals surface area contributed by atoms with Crippen LogP contribution in [0.1, 0.15) is 0 Å². The van der Waals surface area contributed by atoms with Crippen LogP contribution in [0.5, 0.6) is 0 Å². The summed E-state index contributed by atoms with van der Waals surface area (Å²) in [5.41, 5.74) is 16.7. The van der Waals surface area contributed by atoms with E-state index in [1.54, 1.807) is 0 Å². The summed E-state index contributed by atoms with van der Waals surface area (Å²) >= 11 is 0. The summed E-state index contributed by atoms with van der Waals surface area (Å²) in [4.78, 5) is 21.7. The molecule has 8 heteroatoms. The van der Waals surface area contributed by atoms with Crippen molar-refractivity contribution in [1.29, 1.82) is 0 Å². The third kappa shape index (κ3) is 7.11. The van der Waals surface area contributed by atoms with E-state index in [1.807, 2.05) is 0 Å². The van der Waals surface area contributed by atoms with Crippen LogP contribution in [0.2, 0.25) is 0 Å². The molecule has 0 aliphatic heterocycles. The Labute approximate surface area is 470 Å². The average molecular weight is 1050 g/mol. The second kappa shape index (κ2) is 18.2. The smallest absolute Gasteiger partial charge is 0.237 e. The third-order valence-corrected chi connectivity index (χ3v) is 16.5. The van der Waals surface area contributed by atoms with Gasteiger partial charge < -0.3 is 0 Å². The first-order chi connectivity index (χ1) is 40.7. The average Bonchev–Trinajstić information content (AvgIpc) is 4.43. The molecule has 0 aliphatic rings. The topological polar surface area (TPSA) is 71.3 Å². The Bertz CT molecular complexity index is 4600. The van der Waals surface area contributed by atoms with E-state index < -0.39 is 0 Å². The Morgan fingerprint density at radius 1 is 0.183 bits per heavy atom. The number of nitrogens with zero attached hydrogens (tertiary/aromatic N) is 8. The van der Waals surface area contributed by atoms with Crippen molar-refractivity contribution in [2.45, 2.75) is 0 Å². The van der Waals surface area contributed by atoms with Gasteiger partial charge in [-0.25, -0.2) is 9.97 Å². The van der Waals surface area contributed by atoms with Crippen molar-refractivity contribution in [3.05, 3.63) is 279 Å². The van der Waals surface area contributed by atoms with Crippen LogP contribution in [0.3, 0.4) is 0 Å². The normalized spacial score (nSPS) is 11.9. The predicted octanol–water partition coefficient (Wildman–Crippen LogP) is 18.3. The van der Waals surface area contributed by atoms with Gasteiger partial charge in [0.2, 0.25) is 11.9 Å². The number of hydrogen-bond acceptors (Lipinski definition) is 4. The van der Waals surface area contributed by atoms with Crippen LogP contribution in [0, 0.1) is 0 Å². The van der Waals surface area contributed by atoms with Gasteiger partial charge in [0.05, 0.1) is 55.5 Å². The fraction of sp³-hybridized carbons (Fsp3) is 0. The lowest BCUT2D eigenvalue weighted by Gasteiger charge is -2.14. The molecule has 0 aliphatic carbocycles. The van der Waals surface area contributed by atoms with Crippen LogP contribution in [-0.2, 0) is 0 Å². The van der Waals surface area contributed by atoms with Gasteiger partial charge >= 0.3 is 0 Å². The van der Waals surface area contributed by atoms with Gasteiger partial charge in [0.25, 0.3) is 0 Å². The number of aromatic nitrogens is 8. The molecule has 0 atom stereocenters. The molecular weight excluding hydrogens is 1000 g/mol. The van der Waals surface area contributed by atoms with Crippen molar-refractivity contribution in [2.75, 3.05) is 0 Å². The van der Waals surface area contributed by atoms with Gasteiger partial charge in [-0.1, -0.05) is 212 Å². The Hall–Kier alpha value is -11.2. The summed E-state index contributed by atoms with van der Waals surface area (Å²) in [6, 6.07) is 99.1. The highest BCUT2D eigenvalue weighted by atomic mass is 15.2. The molecule has 11 aromatic carbocycles. The molecule has 8 nitrogen and oxygen atoms in total. The van der Waals surface area contributed by atoms with Crippen LogP contribution < -0.4 is 0 Å². The van der Waals surface area contributed by atoms with E-state index in [1.165, 1.54) is 21.5 Å². The molecule has 0 N–H and O–H groups in total. The van der Waals surface area contributed by atoms with E-state index in [0.29, 0.717) is 11.9 Å². The van der Waals surface area contributed by atoms with Crippen molar-refractivity contribution in [1.82, 2.24) is 38.2 Å². The van der Waals surface area contributed by atoms with Crippen LogP contribution >= 0.6 is 0 Å². The standard InChI is InChI=1S/C74H46N8/c1-9-28-63-53(20-1)54-21-2-10-29-64(54)79(63)71-45-61(75-73(77-71)81-67-32-13-5-24-57(67)58-25-6-14-33-68(58)81)49-40-36-47(37-41-49)51-18-17-19-52(44-51)48-38-42-50(43-39-48)62-46-72(80-65-30-11-3-22-55(65)56-23-4-12-31-66(56)80)78-74(76-62)82-69-34-15-7-26-59(69)60-27-8-16-35-70(60)82/h1-46H. The SMILES string of the molecule is c1cc(-c2ccc(-c3cc(-n4c5ccccc5c5ccccc54)nc(-n4c5ccccc5c5ccccc54)n3)cc2)cc(-c2ccc(-c3cc(-n4c5ccccc5c5ccccc54)nc(-n4c5ccccc5c5ccccc54)n3)cc2)c1.